The lowest BCUT2D eigenvalue weighted by atomic mass is 9.49. The number of ether oxygens (including phenoxy) is 1. The predicted octanol–water partition coefficient (Wildman–Crippen LogP) is 3.24. The van der Waals surface area contributed by atoms with Crippen LogP contribution in [0.2, 0.25) is 0 Å². The van der Waals surface area contributed by atoms with Gasteiger partial charge in [0.05, 0.1) is 7.11 Å². The van der Waals surface area contributed by atoms with Gasteiger partial charge in [-0.2, -0.15) is 0 Å². The molecule has 0 aliphatic heterocycles. The highest BCUT2D eigenvalue weighted by Gasteiger charge is 2.55. The van der Waals surface area contributed by atoms with Gasteiger partial charge < -0.3 is 10.1 Å². The van der Waals surface area contributed by atoms with E-state index >= 15 is 0 Å². The number of hydrogen-bond donors (Lipinski definition) is 1. The number of nitrogens with one attached hydrogen (secondary N) is 1. The molecule has 0 spiro atoms. The fourth-order valence-corrected chi connectivity index (χ4v) is 5.89. The van der Waals surface area contributed by atoms with Gasteiger partial charge in [0.15, 0.2) is 0 Å². The molecule has 140 valence electrons. The van der Waals surface area contributed by atoms with Crippen molar-refractivity contribution >= 4 is 11.9 Å². The Balaban J connectivity index is 1.49. The summed E-state index contributed by atoms with van der Waals surface area (Å²) in [6, 6.07) is 5.28. The van der Waals surface area contributed by atoms with Gasteiger partial charge in [0, 0.05) is 11.8 Å². The average Bonchev–Trinajstić information content (AvgIpc) is 2.61. The molecule has 1 aromatic rings. The quantitative estimate of drug-likeness (QED) is 0.821. The molecule has 0 saturated heterocycles. The summed E-state index contributed by atoms with van der Waals surface area (Å²) in [5, 5.41) is 2.98. The fourth-order valence-electron chi connectivity index (χ4n) is 5.89. The van der Waals surface area contributed by atoms with E-state index in [-0.39, 0.29) is 17.1 Å². The van der Waals surface area contributed by atoms with Gasteiger partial charge in [0.1, 0.15) is 11.9 Å². The van der Waals surface area contributed by atoms with E-state index in [1.165, 1.54) is 38.5 Å². The molecule has 4 bridgehead atoms. The van der Waals surface area contributed by atoms with E-state index in [1.807, 2.05) is 0 Å². The molecule has 0 radical (unpaired) electrons. The second-order valence-electron chi connectivity index (χ2n) is 8.58. The molecule has 4 nitrogen and oxygen atoms in total. The fraction of sp³-hybridized carbons (Fsp3) is 0.619. The molecule has 5 heteroatoms. The van der Waals surface area contributed by atoms with Crippen LogP contribution in [0.4, 0.5) is 4.39 Å². The zero-order chi connectivity index (χ0) is 18.3. The number of carbonyl (C=O) groups excluding carboxylic acids is 2. The maximum absolute atomic E-state index is 13.2. The van der Waals surface area contributed by atoms with Crippen LogP contribution in [0.1, 0.15) is 44.1 Å². The molecule has 0 unspecified atom stereocenters. The Morgan fingerprint density at radius 1 is 1.12 bits per heavy atom. The number of halogens is 1. The van der Waals surface area contributed by atoms with E-state index < -0.39 is 12.0 Å². The summed E-state index contributed by atoms with van der Waals surface area (Å²) in [5.41, 5.74) is 0.497. The van der Waals surface area contributed by atoms with Crippen molar-refractivity contribution in [2.24, 2.45) is 23.2 Å². The van der Waals surface area contributed by atoms with Gasteiger partial charge in [0.2, 0.25) is 5.91 Å². The van der Waals surface area contributed by atoms with Gasteiger partial charge >= 0.3 is 5.97 Å². The number of amides is 1. The zero-order valence-electron chi connectivity index (χ0n) is 15.2. The van der Waals surface area contributed by atoms with Crippen LogP contribution in [0.3, 0.4) is 0 Å². The minimum absolute atomic E-state index is 0.00844. The predicted molar refractivity (Wildman–Crippen MR) is 94.7 cm³/mol. The summed E-state index contributed by atoms with van der Waals surface area (Å²) in [6.07, 6.45) is 6.97. The van der Waals surface area contributed by atoms with Gasteiger partial charge in [0.25, 0.3) is 0 Å². The Morgan fingerprint density at radius 2 is 1.65 bits per heavy atom. The summed E-state index contributed by atoms with van der Waals surface area (Å²) in [5.74, 6) is 1.24. The van der Waals surface area contributed by atoms with E-state index in [1.54, 1.807) is 12.1 Å². The molecular weight excluding hydrogens is 333 g/mol. The van der Waals surface area contributed by atoms with Crippen molar-refractivity contribution in [1.82, 2.24) is 5.32 Å². The number of rotatable bonds is 5. The number of carbonyl (C=O) groups is 2. The normalized spacial score (nSPS) is 32.9. The molecule has 5 rings (SSSR count). The van der Waals surface area contributed by atoms with Crippen LogP contribution in [-0.4, -0.2) is 25.0 Å². The lowest BCUT2D eigenvalue weighted by Gasteiger charge is -2.55. The van der Waals surface area contributed by atoms with Crippen molar-refractivity contribution in [1.29, 1.82) is 0 Å². The third-order valence-electron chi connectivity index (χ3n) is 6.66. The first-order valence-corrected chi connectivity index (χ1v) is 9.61. The molecule has 4 saturated carbocycles. The molecular formula is C21H26FNO3. The van der Waals surface area contributed by atoms with Crippen LogP contribution in [0, 0.1) is 29.0 Å². The first-order valence-electron chi connectivity index (χ1n) is 9.61. The molecule has 1 N–H and O–H groups in total. The molecule has 26 heavy (non-hydrogen) atoms. The van der Waals surface area contributed by atoms with Crippen molar-refractivity contribution in [3.05, 3.63) is 35.6 Å². The van der Waals surface area contributed by atoms with E-state index in [4.69, 9.17) is 4.74 Å². The Hall–Kier alpha value is -1.91. The average molecular weight is 359 g/mol. The van der Waals surface area contributed by atoms with E-state index in [0.29, 0.717) is 24.2 Å². The van der Waals surface area contributed by atoms with Crippen LogP contribution in [0.15, 0.2) is 24.3 Å². The van der Waals surface area contributed by atoms with Crippen molar-refractivity contribution in [3.8, 4) is 0 Å². The Morgan fingerprint density at radius 3 is 2.15 bits per heavy atom. The molecule has 1 amide bonds. The molecule has 4 fully saturated rings. The topological polar surface area (TPSA) is 55.4 Å². The van der Waals surface area contributed by atoms with Crippen LogP contribution in [0.5, 0.6) is 0 Å². The monoisotopic (exact) mass is 359 g/mol. The maximum Gasteiger partial charge on any atom is 0.328 e. The SMILES string of the molecule is COC(=O)[C@H](Cc1ccc(F)cc1)NC(=O)C12CC3CC(CC(C3)C1)C2. The van der Waals surface area contributed by atoms with E-state index in [2.05, 4.69) is 5.32 Å². The largest absolute Gasteiger partial charge is 0.467 e. The second-order valence-corrected chi connectivity index (χ2v) is 8.58. The van der Waals surface area contributed by atoms with Crippen molar-refractivity contribution in [2.45, 2.75) is 51.0 Å². The highest BCUT2D eigenvalue weighted by atomic mass is 19.1. The van der Waals surface area contributed by atoms with Crippen molar-refractivity contribution in [2.75, 3.05) is 7.11 Å². The third-order valence-corrected chi connectivity index (χ3v) is 6.66. The van der Waals surface area contributed by atoms with Crippen LogP contribution in [-0.2, 0) is 20.7 Å². The summed E-state index contributed by atoms with van der Waals surface area (Å²) >= 11 is 0. The Kier molecular flexibility index (Phi) is 4.49. The van der Waals surface area contributed by atoms with Gasteiger partial charge in [-0.25, -0.2) is 9.18 Å². The van der Waals surface area contributed by atoms with Crippen LogP contribution in [0.25, 0.3) is 0 Å². The summed E-state index contributed by atoms with van der Waals surface area (Å²) in [7, 11) is 1.33. The lowest BCUT2D eigenvalue weighted by molar-refractivity contribution is -0.152. The first-order chi connectivity index (χ1) is 12.5. The smallest absolute Gasteiger partial charge is 0.328 e. The van der Waals surface area contributed by atoms with E-state index in [0.717, 1.165) is 24.8 Å². The summed E-state index contributed by atoms with van der Waals surface area (Å²) in [4.78, 5) is 25.4. The molecule has 1 atom stereocenters. The lowest BCUT2D eigenvalue weighted by Crippen LogP contribution is -2.56. The summed E-state index contributed by atoms with van der Waals surface area (Å²) in [6.45, 7) is 0. The number of methoxy groups -OCH3 is 1. The van der Waals surface area contributed by atoms with Crippen LogP contribution >= 0.6 is 0 Å². The number of benzene rings is 1. The standard InChI is InChI=1S/C21H26FNO3/c1-26-19(24)18(9-13-2-4-17(22)5-3-13)23-20(25)21-10-14-6-15(11-21)8-16(7-14)12-21/h2-5,14-16,18H,6-12H2,1H3,(H,23,25)/t14?,15?,16?,18-,21?/m0/s1. The van der Waals surface area contributed by atoms with Gasteiger partial charge in [-0.1, -0.05) is 12.1 Å². The summed E-state index contributed by atoms with van der Waals surface area (Å²) < 4.78 is 18.0. The minimum Gasteiger partial charge on any atom is -0.467 e. The first kappa shape index (κ1) is 17.5. The zero-order valence-corrected chi connectivity index (χ0v) is 15.2. The Bertz CT molecular complexity index is 664. The van der Waals surface area contributed by atoms with Crippen molar-refractivity contribution < 1.29 is 18.7 Å². The third kappa shape index (κ3) is 3.24. The van der Waals surface area contributed by atoms with Crippen molar-refractivity contribution in [3.63, 3.8) is 0 Å². The highest BCUT2D eigenvalue weighted by molar-refractivity contribution is 5.88. The molecule has 0 aromatic heterocycles. The van der Waals surface area contributed by atoms with Gasteiger partial charge in [-0.3, -0.25) is 4.79 Å². The van der Waals surface area contributed by atoms with Gasteiger partial charge in [-0.15, -0.1) is 0 Å². The van der Waals surface area contributed by atoms with Crippen LogP contribution < -0.4 is 5.32 Å². The number of esters is 1. The number of hydrogen-bond acceptors (Lipinski definition) is 3. The molecule has 4 aliphatic carbocycles. The second kappa shape index (κ2) is 6.67. The molecule has 1 aromatic carbocycles. The minimum atomic E-state index is -0.731. The maximum atomic E-state index is 13.2. The van der Waals surface area contributed by atoms with Gasteiger partial charge in [-0.05, 0) is 74.0 Å². The Labute approximate surface area is 153 Å². The highest BCUT2D eigenvalue weighted by Crippen LogP contribution is 2.60. The van der Waals surface area contributed by atoms with E-state index in [9.17, 15) is 14.0 Å². The molecule has 4 aliphatic rings. The molecule has 0 heterocycles.